The molecular formula is C15H17N3O3. The van der Waals surface area contributed by atoms with Crippen molar-refractivity contribution in [3.8, 4) is 0 Å². The van der Waals surface area contributed by atoms with E-state index in [0.29, 0.717) is 5.69 Å². The largest absolute Gasteiger partial charge is 0.330 e. The quantitative estimate of drug-likeness (QED) is 0.894. The van der Waals surface area contributed by atoms with Crippen molar-refractivity contribution in [2.75, 3.05) is 5.32 Å². The van der Waals surface area contributed by atoms with Crippen molar-refractivity contribution in [3.63, 3.8) is 0 Å². The summed E-state index contributed by atoms with van der Waals surface area (Å²) < 4.78 is 2.12. The Balaban J connectivity index is 2.45. The van der Waals surface area contributed by atoms with Gasteiger partial charge in [0.2, 0.25) is 0 Å². The van der Waals surface area contributed by atoms with Gasteiger partial charge in [0, 0.05) is 26.0 Å². The molecule has 0 atom stereocenters. The molecule has 1 heterocycles. The normalized spacial score (nSPS) is 10.5. The van der Waals surface area contributed by atoms with Crippen LogP contribution in [-0.4, -0.2) is 15.0 Å². The summed E-state index contributed by atoms with van der Waals surface area (Å²) in [7, 11) is 2.84. The lowest BCUT2D eigenvalue weighted by Crippen LogP contribution is -2.40. The highest BCUT2D eigenvalue weighted by Crippen LogP contribution is 2.18. The van der Waals surface area contributed by atoms with Crippen LogP contribution >= 0.6 is 0 Å². The van der Waals surface area contributed by atoms with Gasteiger partial charge in [-0.05, 0) is 31.0 Å². The molecule has 0 radical (unpaired) electrons. The molecule has 2 aromatic rings. The minimum Gasteiger partial charge on any atom is -0.322 e. The van der Waals surface area contributed by atoms with Crippen molar-refractivity contribution >= 4 is 11.6 Å². The van der Waals surface area contributed by atoms with Gasteiger partial charge in [-0.25, -0.2) is 4.79 Å². The van der Waals surface area contributed by atoms with Crippen LogP contribution in [-0.2, 0) is 14.1 Å². The number of carbonyl (C=O) groups excluding carboxylic acids is 1. The van der Waals surface area contributed by atoms with Gasteiger partial charge >= 0.3 is 5.69 Å². The van der Waals surface area contributed by atoms with Gasteiger partial charge in [0.05, 0.1) is 0 Å². The van der Waals surface area contributed by atoms with Crippen LogP contribution in [0.25, 0.3) is 0 Å². The summed E-state index contributed by atoms with van der Waals surface area (Å²) in [6.07, 6.45) is 1.26. The van der Waals surface area contributed by atoms with Crippen LogP contribution in [0.1, 0.15) is 21.5 Å². The zero-order valence-corrected chi connectivity index (χ0v) is 12.4. The second kappa shape index (κ2) is 5.40. The second-order valence-corrected chi connectivity index (χ2v) is 5.00. The van der Waals surface area contributed by atoms with Crippen LogP contribution in [0.2, 0.25) is 0 Å². The third kappa shape index (κ3) is 2.65. The molecule has 110 valence electrons. The lowest BCUT2D eigenvalue weighted by Gasteiger charge is -2.11. The van der Waals surface area contributed by atoms with Crippen LogP contribution in [0, 0.1) is 13.8 Å². The number of anilines is 1. The molecule has 0 aliphatic heterocycles. The number of amides is 1. The average Bonchev–Trinajstić information content (AvgIpc) is 2.45. The molecule has 0 spiro atoms. The van der Waals surface area contributed by atoms with Crippen molar-refractivity contribution in [2.45, 2.75) is 13.8 Å². The SMILES string of the molecule is Cc1cccc(NC(=O)c2cn(C)c(=O)n(C)c2=O)c1C. The maximum absolute atomic E-state index is 12.3. The summed E-state index contributed by atoms with van der Waals surface area (Å²) >= 11 is 0. The van der Waals surface area contributed by atoms with Gasteiger partial charge < -0.3 is 9.88 Å². The van der Waals surface area contributed by atoms with Crippen molar-refractivity contribution in [3.05, 3.63) is 61.9 Å². The molecule has 6 heteroatoms. The fourth-order valence-electron chi connectivity index (χ4n) is 2.04. The maximum atomic E-state index is 12.3. The van der Waals surface area contributed by atoms with Crippen molar-refractivity contribution in [1.29, 1.82) is 0 Å². The predicted octanol–water partition coefficient (Wildman–Crippen LogP) is 0.953. The van der Waals surface area contributed by atoms with E-state index < -0.39 is 17.2 Å². The van der Waals surface area contributed by atoms with Crippen molar-refractivity contribution < 1.29 is 4.79 Å². The van der Waals surface area contributed by atoms with Gasteiger partial charge in [-0.2, -0.15) is 0 Å². The molecule has 6 nitrogen and oxygen atoms in total. The smallest absolute Gasteiger partial charge is 0.322 e. The van der Waals surface area contributed by atoms with Crippen molar-refractivity contribution in [2.24, 2.45) is 14.1 Å². The molecule has 21 heavy (non-hydrogen) atoms. The maximum Gasteiger partial charge on any atom is 0.330 e. The fraction of sp³-hybridized carbons (Fsp3) is 0.267. The molecule has 0 fully saturated rings. The van der Waals surface area contributed by atoms with Crippen LogP contribution in [0.4, 0.5) is 5.69 Å². The summed E-state index contributed by atoms with van der Waals surface area (Å²) in [5, 5.41) is 2.71. The molecule has 0 unspecified atom stereocenters. The van der Waals surface area contributed by atoms with E-state index in [4.69, 9.17) is 0 Å². The number of hydrogen-bond donors (Lipinski definition) is 1. The van der Waals surface area contributed by atoms with Crippen LogP contribution in [0.15, 0.2) is 34.0 Å². The summed E-state index contributed by atoms with van der Waals surface area (Å²) in [6, 6.07) is 5.54. The predicted molar refractivity (Wildman–Crippen MR) is 80.8 cm³/mol. The summed E-state index contributed by atoms with van der Waals surface area (Å²) in [5.41, 5.74) is 1.48. The number of nitrogens with one attached hydrogen (secondary N) is 1. The fourth-order valence-corrected chi connectivity index (χ4v) is 2.04. The van der Waals surface area contributed by atoms with Crippen LogP contribution in [0.5, 0.6) is 0 Å². The molecule has 1 N–H and O–H groups in total. The van der Waals surface area contributed by atoms with Crippen LogP contribution in [0.3, 0.4) is 0 Å². The molecule has 1 amide bonds. The van der Waals surface area contributed by atoms with E-state index in [0.717, 1.165) is 15.7 Å². The molecular weight excluding hydrogens is 270 g/mol. The van der Waals surface area contributed by atoms with E-state index in [1.54, 1.807) is 6.07 Å². The summed E-state index contributed by atoms with van der Waals surface area (Å²) in [4.78, 5) is 35.9. The standard InChI is InChI=1S/C15H17N3O3/c1-9-6-5-7-12(10(9)2)16-13(19)11-8-17(3)15(21)18(4)14(11)20/h5-8H,1-4H3,(H,16,19). The summed E-state index contributed by atoms with van der Waals surface area (Å²) in [6.45, 7) is 3.83. The zero-order valence-electron chi connectivity index (χ0n) is 12.4. The first-order valence-electron chi connectivity index (χ1n) is 6.47. The third-order valence-corrected chi connectivity index (χ3v) is 3.54. The molecule has 0 aliphatic carbocycles. The van der Waals surface area contributed by atoms with E-state index in [9.17, 15) is 14.4 Å². The molecule has 0 saturated carbocycles. The summed E-state index contributed by atoms with van der Waals surface area (Å²) in [5.74, 6) is -0.528. The van der Waals surface area contributed by atoms with E-state index in [2.05, 4.69) is 5.32 Å². The first-order chi connectivity index (χ1) is 9.82. The van der Waals surface area contributed by atoms with Gasteiger partial charge in [-0.15, -0.1) is 0 Å². The molecule has 2 rings (SSSR count). The van der Waals surface area contributed by atoms with Gasteiger partial charge in [-0.1, -0.05) is 12.1 Å². The average molecular weight is 287 g/mol. The van der Waals surface area contributed by atoms with Gasteiger partial charge in [0.15, 0.2) is 0 Å². The number of rotatable bonds is 2. The Morgan fingerprint density at radius 3 is 2.48 bits per heavy atom. The number of carbonyl (C=O) groups is 1. The number of aryl methyl sites for hydroxylation is 2. The van der Waals surface area contributed by atoms with Gasteiger partial charge in [0.1, 0.15) is 5.56 Å². The zero-order chi connectivity index (χ0) is 15.7. The number of aromatic nitrogens is 2. The topological polar surface area (TPSA) is 73.1 Å². The van der Waals surface area contributed by atoms with E-state index in [1.807, 2.05) is 26.0 Å². The number of benzene rings is 1. The molecule has 0 bridgehead atoms. The molecule has 1 aromatic carbocycles. The monoisotopic (exact) mass is 287 g/mol. The van der Waals surface area contributed by atoms with E-state index >= 15 is 0 Å². The highest BCUT2D eigenvalue weighted by Gasteiger charge is 2.15. The first-order valence-corrected chi connectivity index (χ1v) is 6.47. The lowest BCUT2D eigenvalue weighted by molar-refractivity contribution is 0.102. The first kappa shape index (κ1) is 14.8. The third-order valence-electron chi connectivity index (χ3n) is 3.54. The van der Waals surface area contributed by atoms with Crippen LogP contribution < -0.4 is 16.6 Å². The Bertz CT molecular complexity index is 831. The number of hydrogen-bond acceptors (Lipinski definition) is 3. The minimum atomic E-state index is -0.610. The van der Waals surface area contributed by atoms with E-state index in [-0.39, 0.29) is 5.56 Å². The molecule has 0 saturated heterocycles. The Morgan fingerprint density at radius 1 is 1.14 bits per heavy atom. The Labute approximate surface area is 121 Å². The Morgan fingerprint density at radius 2 is 1.81 bits per heavy atom. The lowest BCUT2D eigenvalue weighted by atomic mass is 10.1. The van der Waals surface area contributed by atoms with E-state index in [1.165, 1.54) is 24.9 Å². The minimum absolute atomic E-state index is 0.0690. The molecule has 1 aromatic heterocycles. The molecule has 0 aliphatic rings. The highest BCUT2D eigenvalue weighted by atomic mass is 16.2. The highest BCUT2D eigenvalue weighted by molar-refractivity contribution is 6.04. The van der Waals surface area contributed by atoms with Gasteiger partial charge in [-0.3, -0.25) is 14.2 Å². The van der Waals surface area contributed by atoms with Gasteiger partial charge in [0.25, 0.3) is 11.5 Å². The van der Waals surface area contributed by atoms with Crippen molar-refractivity contribution in [1.82, 2.24) is 9.13 Å². The number of nitrogens with zero attached hydrogens (tertiary/aromatic N) is 2. The Kier molecular flexibility index (Phi) is 3.80. The second-order valence-electron chi connectivity index (χ2n) is 5.00. The Hall–Kier alpha value is -2.63.